The van der Waals surface area contributed by atoms with Crippen molar-refractivity contribution in [1.82, 2.24) is 4.98 Å². The maximum atomic E-state index is 10.6. The molecule has 0 spiro atoms. The van der Waals surface area contributed by atoms with Crippen molar-refractivity contribution in [2.45, 2.75) is 13.3 Å². The molecule has 1 rings (SSSR count). The fraction of sp³-hybridized carbons (Fsp3) is 0.400. The van der Waals surface area contributed by atoms with Crippen LogP contribution in [-0.4, -0.2) is 23.5 Å². The van der Waals surface area contributed by atoms with E-state index in [0.29, 0.717) is 24.3 Å². The highest BCUT2D eigenvalue weighted by Gasteiger charge is 2.12. The molecule has 0 atom stereocenters. The molecule has 0 fully saturated rings. The van der Waals surface area contributed by atoms with Crippen LogP contribution in [0.15, 0.2) is 12.3 Å². The van der Waals surface area contributed by atoms with Crippen molar-refractivity contribution in [3.63, 3.8) is 0 Å². The number of hydrogen-bond acceptors (Lipinski definition) is 5. The molecule has 0 amide bonds. The Bertz CT molecular complexity index is 439. The van der Waals surface area contributed by atoms with Gasteiger partial charge in [-0.3, -0.25) is 10.1 Å². The summed E-state index contributed by atoms with van der Waals surface area (Å²) in [5, 5.41) is 19.0. The molecule has 0 aliphatic carbocycles. The van der Waals surface area contributed by atoms with Gasteiger partial charge in [-0.2, -0.15) is 5.26 Å². The molecule has 1 aromatic rings. The van der Waals surface area contributed by atoms with E-state index in [4.69, 9.17) is 5.26 Å². The van der Waals surface area contributed by atoms with Crippen LogP contribution in [0.5, 0.6) is 0 Å². The Morgan fingerprint density at radius 3 is 2.88 bits per heavy atom. The van der Waals surface area contributed by atoms with Gasteiger partial charge in [-0.15, -0.1) is 0 Å². The summed E-state index contributed by atoms with van der Waals surface area (Å²) in [6, 6.07) is 3.68. The van der Waals surface area contributed by atoms with Crippen LogP contribution in [0.4, 0.5) is 11.5 Å². The fourth-order valence-electron chi connectivity index (χ4n) is 1.27. The molecular formula is C10H12N4O2. The van der Waals surface area contributed by atoms with Gasteiger partial charge in [0.05, 0.1) is 17.4 Å². The van der Waals surface area contributed by atoms with Crippen molar-refractivity contribution >= 4 is 11.5 Å². The zero-order valence-electron chi connectivity index (χ0n) is 9.17. The van der Waals surface area contributed by atoms with E-state index in [1.54, 1.807) is 24.9 Å². The zero-order chi connectivity index (χ0) is 12.1. The first kappa shape index (κ1) is 11.9. The van der Waals surface area contributed by atoms with Crippen LogP contribution >= 0.6 is 0 Å². The number of rotatable bonds is 4. The topological polar surface area (TPSA) is 83.1 Å². The van der Waals surface area contributed by atoms with Crippen molar-refractivity contribution < 1.29 is 4.92 Å². The molecule has 84 valence electrons. The average Bonchev–Trinajstić information content (AvgIpc) is 2.25. The second-order valence-electron chi connectivity index (χ2n) is 3.42. The van der Waals surface area contributed by atoms with Crippen LogP contribution in [0.2, 0.25) is 0 Å². The molecule has 0 aliphatic heterocycles. The lowest BCUT2D eigenvalue weighted by Gasteiger charge is -2.16. The summed E-state index contributed by atoms with van der Waals surface area (Å²) in [5.41, 5.74) is 0.580. The lowest BCUT2D eigenvalue weighted by Crippen LogP contribution is -2.19. The predicted octanol–water partition coefficient (Wildman–Crippen LogP) is 1.65. The van der Waals surface area contributed by atoms with Gasteiger partial charge in [0.25, 0.3) is 5.69 Å². The van der Waals surface area contributed by atoms with Gasteiger partial charge in [0, 0.05) is 19.2 Å². The molecule has 6 nitrogen and oxygen atoms in total. The number of pyridine rings is 1. The first-order valence-electron chi connectivity index (χ1n) is 4.75. The molecule has 16 heavy (non-hydrogen) atoms. The molecule has 0 unspecified atom stereocenters. The molecule has 1 aromatic heterocycles. The van der Waals surface area contributed by atoms with E-state index in [2.05, 4.69) is 4.98 Å². The van der Waals surface area contributed by atoms with E-state index in [-0.39, 0.29) is 5.69 Å². The number of aromatic nitrogens is 1. The lowest BCUT2D eigenvalue weighted by atomic mass is 10.2. The second kappa shape index (κ2) is 5.07. The van der Waals surface area contributed by atoms with Crippen molar-refractivity contribution in [1.29, 1.82) is 5.26 Å². The zero-order valence-corrected chi connectivity index (χ0v) is 9.17. The fourth-order valence-corrected chi connectivity index (χ4v) is 1.27. The van der Waals surface area contributed by atoms with E-state index < -0.39 is 4.92 Å². The van der Waals surface area contributed by atoms with Gasteiger partial charge in [0.15, 0.2) is 0 Å². The Balaban J connectivity index is 2.89. The van der Waals surface area contributed by atoms with Crippen LogP contribution < -0.4 is 4.90 Å². The van der Waals surface area contributed by atoms with Gasteiger partial charge >= 0.3 is 0 Å². The van der Waals surface area contributed by atoms with Crippen molar-refractivity contribution in [3.05, 3.63) is 27.9 Å². The summed E-state index contributed by atoms with van der Waals surface area (Å²) in [6.07, 6.45) is 1.64. The Morgan fingerprint density at radius 1 is 1.69 bits per heavy atom. The summed E-state index contributed by atoms with van der Waals surface area (Å²) < 4.78 is 0. The van der Waals surface area contributed by atoms with E-state index in [0.717, 1.165) is 0 Å². The van der Waals surface area contributed by atoms with E-state index >= 15 is 0 Å². The molecule has 6 heteroatoms. The summed E-state index contributed by atoms with van der Waals surface area (Å²) in [5.74, 6) is 0.637. The van der Waals surface area contributed by atoms with E-state index in [1.165, 1.54) is 6.20 Å². The van der Waals surface area contributed by atoms with E-state index in [9.17, 15) is 10.1 Å². The van der Waals surface area contributed by atoms with Gasteiger partial charge in [-0.25, -0.2) is 4.98 Å². The SMILES string of the molecule is Cc1cc(N(C)CCC#N)ncc1[N+](=O)[O-]. The largest absolute Gasteiger partial charge is 0.359 e. The molecule has 0 aliphatic rings. The van der Waals surface area contributed by atoms with Crippen LogP contribution in [0, 0.1) is 28.4 Å². The van der Waals surface area contributed by atoms with Crippen LogP contribution in [0.3, 0.4) is 0 Å². The molecule has 0 saturated carbocycles. The molecule has 0 N–H and O–H groups in total. The molecule has 0 aromatic carbocycles. The third-order valence-corrected chi connectivity index (χ3v) is 2.22. The summed E-state index contributed by atoms with van der Waals surface area (Å²) in [4.78, 5) is 15.9. The first-order valence-corrected chi connectivity index (χ1v) is 4.75. The molecule has 0 radical (unpaired) electrons. The van der Waals surface area contributed by atoms with Crippen molar-refractivity contribution in [2.75, 3.05) is 18.5 Å². The lowest BCUT2D eigenvalue weighted by molar-refractivity contribution is -0.385. The third kappa shape index (κ3) is 2.67. The summed E-state index contributed by atoms with van der Waals surface area (Å²) in [6.45, 7) is 2.22. The number of nitro groups is 1. The van der Waals surface area contributed by atoms with Crippen molar-refractivity contribution in [2.24, 2.45) is 0 Å². The maximum Gasteiger partial charge on any atom is 0.290 e. The molecular weight excluding hydrogens is 208 g/mol. The highest BCUT2D eigenvalue weighted by Crippen LogP contribution is 2.20. The predicted molar refractivity (Wildman–Crippen MR) is 59.1 cm³/mol. The highest BCUT2D eigenvalue weighted by atomic mass is 16.6. The molecule has 1 heterocycles. The number of aryl methyl sites for hydroxylation is 1. The highest BCUT2D eigenvalue weighted by molar-refractivity contribution is 5.48. The van der Waals surface area contributed by atoms with Crippen molar-refractivity contribution in [3.8, 4) is 6.07 Å². The van der Waals surface area contributed by atoms with Crippen LogP contribution in [-0.2, 0) is 0 Å². The van der Waals surface area contributed by atoms with E-state index in [1.807, 2.05) is 6.07 Å². The smallest absolute Gasteiger partial charge is 0.290 e. The number of hydrogen-bond donors (Lipinski definition) is 0. The Hall–Kier alpha value is -2.16. The monoisotopic (exact) mass is 220 g/mol. The molecule has 0 bridgehead atoms. The minimum atomic E-state index is -0.457. The van der Waals surface area contributed by atoms with Crippen LogP contribution in [0.1, 0.15) is 12.0 Å². The van der Waals surface area contributed by atoms with Gasteiger partial charge < -0.3 is 4.90 Å². The summed E-state index contributed by atoms with van der Waals surface area (Å²) in [7, 11) is 1.80. The van der Waals surface area contributed by atoms with Gasteiger partial charge in [-0.1, -0.05) is 0 Å². The number of nitriles is 1. The Kier molecular flexibility index (Phi) is 3.78. The van der Waals surface area contributed by atoms with Gasteiger partial charge in [-0.05, 0) is 13.0 Å². The molecule has 0 saturated heterocycles. The third-order valence-electron chi connectivity index (χ3n) is 2.22. The quantitative estimate of drug-likeness (QED) is 0.569. The average molecular weight is 220 g/mol. The minimum absolute atomic E-state index is 0.0115. The standard InChI is InChI=1S/C10H12N4O2/c1-8-6-10(13(2)5-3-4-11)12-7-9(8)14(15)16/h6-7H,3,5H2,1-2H3. The summed E-state index contributed by atoms with van der Waals surface area (Å²) >= 11 is 0. The first-order chi connectivity index (χ1) is 7.56. The Labute approximate surface area is 93.3 Å². The number of nitrogens with zero attached hydrogens (tertiary/aromatic N) is 4. The number of anilines is 1. The second-order valence-corrected chi connectivity index (χ2v) is 3.42. The maximum absolute atomic E-state index is 10.6. The van der Waals surface area contributed by atoms with Gasteiger partial charge in [0.1, 0.15) is 12.0 Å². The Morgan fingerprint density at radius 2 is 2.38 bits per heavy atom. The minimum Gasteiger partial charge on any atom is -0.359 e. The van der Waals surface area contributed by atoms with Gasteiger partial charge in [0.2, 0.25) is 0 Å². The normalized spacial score (nSPS) is 9.56. The van der Waals surface area contributed by atoms with Crippen LogP contribution in [0.25, 0.3) is 0 Å².